The van der Waals surface area contributed by atoms with E-state index in [4.69, 9.17) is 4.98 Å². The number of aryl methyl sites for hydroxylation is 8. The van der Waals surface area contributed by atoms with Gasteiger partial charge in [-0.1, -0.05) is 209 Å². The van der Waals surface area contributed by atoms with E-state index in [-0.39, 0.29) is 0 Å². The number of benzene rings is 9. The predicted octanol–water partition coefficient (Wildman–Crippen LogP) is 16.9. The second-order valence-corrected chi connectivity index (χ2v) is 23.0. The van der Waals surface area contributed by atoms with E-state index in [2.05, 4.69) is 279 Å². The molecule has 1 aromatic heterocycles. The molecule has 0 radical (unpaired) electrons. The number of fused-ring (bicyclic) bond motifs is 9. The highest BCUT2D eigenvalue weighted by Gasteiger charge is 2.53. The van der Waals surface area contributed by atoms with Crippen LogP contribution in [0.4, 0.5) is 0 Å². The second kappa shape index (κ2) is 17.0. The second-order valence-electron chi connectivity index (χ2n) is 23.0. The van der Waals surface area contributed by atoms with Crippen LogP contribution in [0.3, 0.4) is 0 Å². The van der Waals surface area contributed by atoms with Crippen LogP contribution in [0.1, 0.15) is 106 Å². The van der Waals surface area contributed by atoms with Crippen molar-refractivity contribution < 1.29 is 0 Å². The molecule has 3 aliphatic carbocycles. The van der Waals surface area contributed by atoms with Crippen molar-refractivity contribution in [3.63, 3.8) is 0 Å². The van der Waals surface area contributed by atoms with Crippen LogP contribution in [-0.4, -0.2) is 28.5 Å². The van der Waals surface area contributed by atoms with Crippen LogP contribution in [0, 0.1) is 55.4 Å². The summed E-state index contributed by atoms with van der Waals surface area (Å²) in [7, 11) is 2.19. The summed E-state index contributed by atoms with van der Waals surface area (Å²) in [5.41, 5.74) is 31.8. The minimum absolute atomic E-state index is 0.610. The molecule has 0 atom stereocenters. The molecule has 0 unspecified atom stereocenters. The topological polar surface area (TPSA) is 19.4 Å². The van der Waals surface area contributed by atoms with Gasteiger partial charge in [0.15, 0.2) is 0 Å². The SMILES string of the molecule is Cc1ccc2c(c1)-c1cc(C)ccc1C2(c1cccc(C2(c3cc(-c4c(C)cccc4C)ccn3)c3ccc(C)cc3-c3cc(C)ccc32)c1)c1cccc(C2(N3C=CN(C)C3)c3ccc(C)cc3-c3cc(C)ccc32)c1. The van der Waals surface area contributed by atoms with Crippen molar-refractivity contribution in [1.29, 1.82) is 0 Å². The van der Waals surface area contributed by atoms with Crippen LogP contribution in [0.2, 0.25) is 0 Å². The lowest BCUT2D eigenvalue weighted by molar-refractivity contribution is 0.198. The van der Waals surface area contributed by atoms with Gasteiger partial charge in [0.25, 0.3) is 0 Å². The van der Waals surface area contributed by atoms with E-state index >= 15 is 0 Å². The lowest BCUT2D eigenvalue weighted by atomic mass is 9.64. The summed E-state index contributed by atoms with van der Waals surface area (Å²) >= 11 is 0. The van der Waals surface area contributed by atoms with Crippen LogP contribution >= 0.6 is 0 Å². The van der Waals surface area contributed by atoms with E-state index in [1.54, 1.807) is 0 Å². The number of nitrogens with zero attached hydrogens (tertiary/aromatic N) is 3. The average molecular weight is 994 g/mol. The van der Waals surface area contributed by atoms with Gasteiger partial charge in [-0.05, 0) is 179 Å². The van der Waals surface area contributed by atoms with Crippen molar-refractivity contribution in [1.82, 2.24) is 14.8 Å². The summed E-state index contributed by atoms with van der Waals surface area (Å²) in [6, 6.07) is 73.6. The Balaban J connectivity index is 1.09. The predicted molar refractivity (Wildman–Crippen MR) is 318 cm³/mol. The van der Waals surface area contributed by atoms with Crippen molar-refractivity contribution in [2.24, 2.45) is 0 Å². The molecule has 3 nitrogen and oxygen atoms in total. The van der Waals surface area contributed by atoms with Gasteiger partial charge in [-0.3, -0.25) is 4.98 Å². The number of hydrogen-bond donors (Lipinski definition) is 0. The van der Waals surface area contributed by atoms with Gasteiger partial charge in [0.2, 0.25) is 0 Å². The van der Waals surface area contributed by atoms with E-state index in [1.165, 1.54) is 145 Å². The molecule has 0 saturated heterocycles. The van der Waals surface area contributed by atoms with Gasteiger partial charge in [0.1, 0.15) is 5.54 Å². The summed E-state index contributed by atoms with van der Waals surface area (Å²) in [6.07, 6.45) is 6.60. The molecule has 0 fully saturated rings. The summed E-state index contributed by atoms with van der Waals surface area (Å²) in [5, 5.41) is 0. The Morgan fingerprint density at radius 3 is 1.18 bits per heavy atom. The summed E-state index contributed by atoms with van der Waals surface area (Å²) in [5.74, 6) is 0. The fraction of sp³-hybridized carbons (Fsp3) is 0.176. The smallest absolute Gasteiger partial charge is 0.118 e. The van der Waals surface area contributed by atoms with E-state index in [0.717, 1.165) is 12.4 Å². The number of hydrogen-bond acceptors (Lipinski definition) is 3. The molecule has 2 heterocycles. The van der Waals surface area contributed by atoms with Crippen molar-refractivity contribution in [3.05, 3.63) is 312 Å². The Bertz CT molecular complexity index is 3990. The molecule has 0 N–H and O–H groups in total. The van der Waals surface area contributed by atoms with Crippen molar-refractivity contribution in [3.8, 4) is 44.5 Å². The van der Waals surface area contributed by atoms with Crippen LogP contribution in [0.5, 0.6) is 0 Å². The van der Waals surface area contributed by atoms with Crippen LogP contribution in [0.15, 0.2) is 207 Å². The van der Waals surface area contributed by atoms with Gasteiger partial charge >= 0.3 is 0 Å². The molecule has 77 heavy (non-hydrogen) atoms. The molecular formula is C74H63N3. The maximum absolute atomic E-state index is 5.53. The molecule has 10 aromatic rings. The molecule has 4 aliphatic rings. The first-order valence-corrected chi connectivity index (χ1v) is 27.4. The highest BCUT2D eigenvalue weighted by molar-refractivity contribution is 5.90. The Kier molecular flexibility index (Phi) is 10.4. The standard InChI is InChI=1S/C74H63N3/c1-45-19-25-64-58(35-45)59-36-46(2)20-26-65(59)72(64,55-16-12-18-57(43-55)74(77-34-33-76(9)44-77)68-29-23-49(5)39-62(68)63-40-50(6)24-30-69(63)74)54-15-11-17-56(42-54)73(70-41-53(31-32-75-70)71-51(7)13-10-14-52(71)8)66-27-21-47(3)37-60(66)61-38-48(4)22-28-67(61)73/h10-43H,44H2,1-9H3. The fourth-order valence-electron chi connectivity index (χ4n) is 14.7. The first kappa shape index (κ1) is 47.0. The third-order valence-corrected chi connectivity index (χ3v) is 18.0. The molecule has 0 bridgehead atoms. The fourth-order valence-corrected chi connectivity index (χ4v) is 14.7. The zero-order valence-electron chi connectivity index (χ0n) is 45.7. The number of rotatable bonds is 7. The highest BCUT2D eigenvalue weighted by Crippen LogP contribution is 2.62. The third-order valence-electron chi connectivity index (χ3n) is 18.0. The van der Waals surface area contributed by atoms with E-state index in [0.29, 0.717) is 0 Å². The minimum atomic E-state index is -0.756. The maximum atomic E-state index is 5.53. The highest BCUT2D eigenvalue weighted by atomic mass is 15.4. The zero-order valence-corrected chi connectivity index (χ0v) is 45.7. The first-order valence-electron chi connectivity index (χ1n) is 27.4. The van der Waals surface area contributed by atoms with Crippen molar-refractivity contribution >= 4 is 0 Å². The molecule has 0 saturated carbocycles. The van der Waals surface area contributed by atoms with Gasteiger partial charge in [-0.15, -0.1) is 0 Å². The van der Waals surface area contributed by atoms with Gasteiger partial charge < -0.3 is 9.80 Å². The minimum Gasteiger partial charge on any atom is -0.362 e. The molecule has 14 rings (SSSR count). The molecular weight excluding hydrogens is 931 g/mol. The quantitative estimate of drug-likeness (QED) is 0.159. The van der Waals surface area contributed by atoms with Crippen molar-refractivity contribution in [2.75, 3.05) is 13.7 Å². The van der Waals surface area contributed by atoms with E-state index in [9.17, 15) is 0 Å². The van der Waals surface area contributed by atoms with E-state index in [1.807, 2.05) is 0 Å². The normalized spacial score (nSPS) is 15.5. The molecule has 1 aliphatic heterocycles. The Morgan fingerprint density at radius 1 is 0.364 bits per heavy atom. The average Bonchev–Trinajstić information content (AvgIpc) is 4.32. The molecule has 3 heteroatoms. The number of pyridine rings is 1. The monoisotopic (exact) mass is 994 g/mol. The van der Waals surface area contributed by atoms with Gasteiger partial charge in [-0.25, -0.2) is 0 Å². The van der Waals surface area contributed by atoms with Crippen LogP contribution in [0.25, 0.3) is 44.5 Å². The largest absolute Gasteiger partial charge is 0.362 e. The summed E-state index contributed by atoms with van der Waals surface area (Å²) in [4.78, 5) is 10.4. The lowest BCUT2D eigenvalue weighted by Crippen LogP contribution is -2.45. The Morgan fingerprint density at radius 2 is 0.740 bits per heavy atom. The summed E-state index contributed by atoms with van der Waals surface area (Å²) < 4.78 is 0. The van der Waals surface area contributed by atoms with E-state index < -0.39 is 16.4 Å². The van der Waals surface area contributed by atoms with Gasteiger partial charge in [-0.2, -0.15) is 0 Å². The third kappa shape index (κ3) is 6.53. The van der Waals surface area contributed by atoms with Gasteiger partial charge in [0.05, 0.1) is 23.2 Å². The van der Waals surface area contributed by atoms with Crippen LogP contribution < -0.4 is 0 Å². The molecule has 374 valence electrons. The molecule has 9 aromatic carbocycles. The summed E-state index contributed by atoms with van der Waals surface area (Å²) in [6.45, 7) is 18.6. The zero-order chi connectivity index (χ0) is 52.7. The Hall–Kier alpha value is -8.53. The lowest BCUT2D eigenvalue weighted by Gasteiger charge is -2.43. The van der Waals surface area contributed by atoms with Crippen molar-refractivity contribution in [2.45, 2.75) is 71.8 Å². The van der Waals surface area contributed by atoms with Crippen LogP contribution in [-0.2, 0) is 16.4 Å². The van der Waals surface area contributed by atoms with Gasteiger partial charge in [0, 0.05) is 25.6 Å². The number of aromatic nitrogens is 1. The molecule has 0 spiro atoms. The first-order chi connectivity index (χ1) is 37.3. The maximum Gasteiger partial charge on any atom is 0.118 e. The molecule has 0 amide bonds. The Labute approximate surface area is 454 Å².